The minimum absolute atomic E-state index is 0.118. The Bertz CT molecular complexity index is 1670. The Morgan fingerprint density at radius 3 is 2.76 bits per heavy atom. The topological polar surface area (TPSA) is 132 Å². The predicted molar refractivity (Wildman–Crippen MR) is 138 cm³/mol. The van der Waals surface area contributed by atoms with E-state index in [2.05, 4.69) is 41.6 Å². The van der Waals surface area contributed by atoms with E-state index in [1.165, 1.54) is 30.9 Å². The molecule has 0 aliphatic carbocycles. The van der Waals surface area contributed by atoms with E-state index < -0.39 is 11.2 Å². The summed E-state index contributed by atoms with van der Waals surface area (Å²) in [6.07, 6.45) is 4.50. The van der Waals surface area contributed by atoms with Crippen molar-refractivity contribution >= 4 is 34.3 Å². The maximum atomic E-state index is 14.8. The lowest BCUT2D eigenvalue weighted by Crippen LogP contribution is -2.17. The van der Waals surface area contributed by atoms with Crippen molar-refractivity contribution in [3.05, 3.63) is 90.4 Å². The zero-order valence-corrected chi connectivity index (χ0v) is 20.0. The predicted octanol–water partition coefficient (Wildman–Crippen LogP) is 5.35. The molecule has 0 aliphatic heterocycles. The molecule has 182 valence electrons. The second-order valence-electron chi connectivity index (χ2n) is 8.81. The number of imidazole rings is 1. The number of anilines is 3. The number of hydrogen-bond acceptors (Lipinski definition) is 7. The van der Waals surface area contributed by atoms with Crippen LogP contribution in [0, 0.1) is 17.1 Å². The molecule has 0 bridgehead atoms. The average molecular weight is 493 g/mol. The molecule has 3 N–H and O–H groups in total. The van der Waals surface area contributed by atoms with E-state index in [0.29, 0.717) is 39.5 Å². The molecule has 0 radical (unpaired) electrons. The van der Waals surface area contributed by atoms with Gasteiger partial charge < -0.3 is 15.6 Å². The van der Waals surface area contributed by atoms with Gasteiger partial charge in [-0.05, 0) is 61.9 Å². The van der Waals surface area contributed by atoms with Crippen LogP contribution >= 0.6 is 0 Å². The van der Waals surface area contributed by atoms with Crippen LogP contribution in [0.1, 0.15) is 29.8 Å². The van der Waals surface area contributed by atoms with Crippen LogP contribution in [0.3, 0.4) is 0 Å². The standard InChI is InChI=1S/C27H21FN8O/c1-27(2,13-29)17-6-3-5-16(11-17)26(37)35-18-8-9-20(28)21(12-18)36-24-19(7-4-10-30-24)22-23-25(33-14-31-22)34-15-32-23/h3-12,14-15H,1-2H3,(H,30,36)(H,35,37)(H,31,32,33,34). The summed E-state index contributed by atoms with van der Waals surface area (Å²) in [6, 6.07) is 16.9. The average Bonchev–Trinajstić information content (AvgIpc) is 3.40. The van der Waals surface area contributed by atoms with Gasteiger partial charge in [0.05, 0.1) is 23.5 Å². The molecule has 0 fully saturated rings. The highest BCUT2D eigenvalue weighted by Crippen LogP contribution is 2.32. The van der Waals surface area contributed by atoms with E-state index in [9.17, 15) is 14.4 Å². The summed E-state index contributed by atoms with van der Waals surface area (Å²) in [5, 5.41) is 15.2. The number of fused-ring (bicyclic) bond motifs is 1. The second kappa shape index (κ2) is 9.47. The SMILES string of the molecule is CC(C)(C#N)c1cccc(C(=O)Nc2ccc(F)c(Nc3ncccc3-c3ncnc4nc[nH]c34)c2)c1. The summed E-state index contributed by atoms with van der Waals surface area (Å²) >= 11 is 0. The molecule has 9 nitrogen and oxygen atoms in total. The number of nitriles is 1. The van der Waals surface area contributed by atoms with Gasteiger partial charge in [-0.15, -0.1) is 0 Å². The van der Waals surface area contributed by atoms with Gasteiger partial charge in [0.1, 0.15) is 29.2 Å². The molecule has 3 heterocycles. The first kappa shape index (κ1) is 23.6. The highest BCUT2D eigenvalue weighted by atomic mass is 19.1. The lowest BCUT2D eigenvalue weighted by molar-refractivity contribution is 0.102. The summed E-state index contributed by atoms with van der Waals surface area (Å²) < 4.78 is 14.8. The molecular weight excluding hydrogens is 471 g/mol. The number of H-pyrrole nitrogens is 1. The fourth-order valence-electron chi connectivity index (χ4n) is 3.81. The van der Waals surface area contributed by atoms with Crippen molar-refractivity contribution < 1.29 is 9.18 Å². The molecule has 0 spiro atoms. The summed E-state index contributed by atoms with van der Waals surface area (Å²) in [7, 11) is 0. The number of benzene rings is 2. The van der Waals surface area contributed by atoms with Gasteiger partial charge in [0.15, 0.2) is 5.65 Å². The van der Waals surface area contributed by atoms with Gasteiger partial charge in [0.25, 0.3) is 5.91 Å². The van der Waals surface area contributed by atoms with Crippen molar-refractivity contribution in [2.75, 3.05) is 10.6 Å². The third kappa shape index (κ3) is 4.70. The van der Waals surface area contributed by atoms with Crippen LogP contribution in [-0.2, 0) is 5.41 Å². The maximum Gasteiger partial charge on any atom is 0.255 e. The lowest BCUT2D eigenvalue weighted by Gasteiger charge is -2.17. The van der Waals surface area contributed by atoms with E-state index in [0.717, 1.165) is 5.56 Å². The smallest absolute Gasteiger partial charge is 0.255 e. The number of halogens is 1. The molecule has 10 heteroatoms. The number of amides is 1. The Morgan fingerprint density at radius 1 is 1.05 bits per heavy atom. The Labute approximate surface area is 211 Å². The molecule has 5 rings (SSSR count). The lowest BCUT2D eigenvalue weighted by atomic mass is 9.85. The Hall–Kier alpha value is -5.17. The first-order valence-electron chi connectivity index (χ1n) is 11.3. The van der Waals surface area contributed by atoms with Gasteiger partial charge in [-0.2, -0.15) is 5.26 Å². The fraction of sp³-hybridized carbons (Fsp3) is 0.111. The number of rotatable bonds is 6. The van der Waals surface area contributed by atoms with E-state index in [-0.39, 0.29) is 11.6 Å². The van der Waals surface area contributed by atoms with E-state index >= 15 is 0 Å². The number of nitrogens with zero attached hydrogens (tertiary/aromatic N) is 5. The van der Waals surface area contributed by atoms with Crippen LogP contribution in [0.5, 0.6) is 0 Å². The molecule has 0 saturated carbocycles. The van der Waals surface area contributed by atoms with Crippen LogP contribution in [0.4, 0.5) is 21.6 Å². The third-order valence-corrected chi connectivity index (χ3v) is 5.89. The number of nitrogens with one attached hydrogen (secondary N) is 3. The van der Waals surface area contributed by atoms with Crippen LogP contribution in [0.2, 0.25) is 0 Å². The molecule has 3 aromatic heterocycles. The van der Waals surface area contributed by atoms with Crippen LogP contribution in [-0.4, -0.2) is 30.8 Å². The highest BCUT2D eigenvalue weighted by Gasteiger charge is 2.21. The molecular formula is C27H21FN8O. The zero-order chi connectivity index (χ0) is 26.0. The van der Waals surface area contributed by atoms with Crippen molar-refractivity contribution in [2.24, 2.45) is 0 Å². The fourth-order valence-corrected chi connectivity index (χ4v) is 3.81. The molecule has 1 amide bonds. The number of carbonyl (C=O) groups excluding carboxylic acids is 1. The summed E-state index contributed by atoms with van der Waals surface area (Å²) in [5.41, 5.74) is 3.17. The largest absolute Gasteiger partial charge is 0.341 e. The van der Waals surface area contributed by atoms with Gasteiger partial charge >= 0.3 is 0 Å². The minimum Gasteiger partial charge on any atom is -0.341 e. The Kier molecular flexibility index (Phi) is 6.03. The quantitative estimate of drug-likeness (QED) is 0.291. The number of aromatic amines is 1. The number of pyridine rings is 1. The Morgan fingerprint density at radius 2 is 1.92 bits per heavy atom. The number of hydrogen-bond donors (Lipinski definition) is 3. The van der Waals surface area contributed by atoms with E-state index in [4.69, 9.17) is 0 Å². The van der Waals surface area contributed by atoms with Gasteiger partial charge in [-0.3, -0.25) is 4.79 Å². The van der Waals surface area contributed by atoms with Crippen LogP contribution < -0.4 is 10.6 Å². The molecule has 0 aliphatic rings. The number of aromatic nitrogens is 5. The molecule has 0 unspecified atom stereocenters. The van der Waals surface area contributed by atoms with Gasteiger partial charge in [0.2, 0.25) is 0 Å². The molecule has 5 aromatic rings. The van der Waals surface area contributed by atoms with Gasteiger partial charge in [0, 0.05) is 23.0 Å². The maximum absolute atomic E-state index is 14.8. The Balaban J connectivity index is 1.43. The van der Waals surface area contributed by atoms with Crippen LogP contribution in [0.15, 0.2) is 73.4 Å². The molecule has 0 atom stereocenters. The minimum atomic E-state index is -0.741. The van der Waals surface area contributed by atoms with Crippen molar-refractivity contribution in [3.8, 4) is 17.3 Å². The first-order chi connectivity index (χ1) is 17.9. The monoisotopic (exact) mass is 492 g/mol. The molecule has 0 saturated heterocycles. The van der Waals surface area contributed by atoms with Crippen molar-refractivity contribution in [1.29, 1.82) is 5.26 Å². The van der Waals surface area contributed by atoms with Gasteiger partial charge in [-0.1, -0.05) is 12.1 Å². The summed E-state index contributed by atoms with van der Waals surface area (Å²) in [5.74, 6) is -0.540. The van der Waals surface area contributed by atoms with Crippen molar-refractivity contribution in [1.82, 2.24) is 24.9 Å². The molecule has 37 heavy (non-hydrogen) atoms. The third-order valence-electron chi connectivity index (χ3n) is 5.89. The first-order valence-corrected chi connectivity index (χ1v) is 11.3. The zero-order valence-electron chi connectivity index (χ0n) is 20.0. The molecule has 2 aromatic carbocycles. The normalized spacial score (nSPS) is 11.2. The van der Waals surface area contributed by atoms with E-state index in [1.54, 1.807) is 56.4 Å². The van der Waals surface area contributed by atoms with Crippen LogP contribution in [0.25, 0.3) is 22.4 Å². The van der Waals surface area contributed by atoms with Gasteiger partial charge in [-0.25, -0.2) is 24.3 Å². The van der Waals surface area contributed by atoms with Crippen molar-refractivity contribution in [3.63, 3.8) is 0 Å². The second-order valence-corrected chi connectivity index (χ2v) is 8.81. The number of carbonyl (C=O) groups is 1. The summed E-state index contributed by atoms with van der Waals surface area (Å²) in [6.45, 7) is 3.57. The van der Waals surface area contributed by atoms with E-state index in [1.807, 2.05) is 0 Å². The summed E-state index contributed by atoms with van der Waals surface area (Å²) in [4.78, 5) is 33.0. The van der Waals surface area contributed by atoms with Crippen molar-refractivity contribution in [2.45, 2.75) is 19.3 Å². The highest BCUT2D eigenvalue weighted by molar-refractivity contribution is 6.04.